The van der Waals surface area contributed by atoms with Crippen LogP contribution < -0.4 is 21.7 Å². The van der Waals surface area contributed by atoms with Crippen LogP contribution in [0.5, 0.6) is 0 Å². The monoisotopic (exact) mass is 494 g/mol. The molecule has 11 nitrogen and oxygen atoms in total. The van der Waals surface area contributed by atoms with Crippen LogP contribution in [0.3, 0.4) is 0 Å². The zero-order valence-electron chi connectivity index (χ0n) is 18.5. The molecule has 32 heavy (non-hydrogen) atoms. The van der Waals surface area contributed by atoms with Gasteiger partial charge in [-0.2, -0.15) is 24.4 Å². The van der Waals surface area contributed by atoms with Crippen molar-refractivity contribution in [2.45, 2.75) is 63.7 Å². The second kappa shape index (κ2) is 15.8. The maximum atomic E-state index is 12.7. The Morgan fingerprint density at radius 3 is 2.00 bits per heavy atom. The average molecular weight is 495 g/mol. The van der Waals surface area contributed by atoms with Gasteiger partial charge in [-0.15, -0.1) is 0 Å². The van der Waals surface area contributed by atoms with E-state index in [9.17, 15) is 29.1 Å². The van der Waals surface area contributed by atoms with Gasteiger partial charge in [-0.25, -0.2) is 4.79 Å². The average Bonchev–Trinajstić information content (AvgIpc) is 2.75. The first-order valence-corrected chi connectivity index (χ1v) is 12.2. The quantitative estimate of drug-likeness (QED) is 0.138. The van der Waals surface area contributed by atoms with E-state index in [0.717, 1.165) is 0 Å². The number of thioether (sulfide) groups is 1. The molecule has 0 saturated carbocycles. The minimum Gasteiger partial charge on any atom is -0.481 e. The van der Waals surface area contributed by atoms with Gasteiger partial charge in [0.2, 0.25) is 17.7 Å². The fraction of sp³-hybridized carbons (Fsp3) is 0.737. The Kier molecular flexibility index (Phi) is 14.8. The summed E-state index contributed by atoms with van der Waals surface area (Å²) in [5, 5.41) is 25.5. The number of nitrogens with two attached hydrogens (primary N) is 1. The van der Waals surface area contributed by atoms with Crippen molar-refractivity contribution >= 4 is 54.1 Å². The summed E-state index contributed by atoms with van der Waals surface area (Å²) in [6.07, 6.45) is 2.20. The minimum atomic E-state index is -1.17. The molecule has 13 heteroatoms. The number of nitrogens with one attached hydrogen (secondary N) is 3. The molecule has 5 unspecified atom stereocenters. The number of rotatable bonds is 16. The molecule has 0 bridgehead atoms. The first kappa shape index (κ1) is 30.0. The van der Waals surface area contributed by atoms with Crippen molar-refractivity contribution < 1.29 is 34.2 Å². The Morgan fingerprint density at radius 1 is 0.969 bits per heavy atom. The zero-order chi connectivity index (χ0) is 24.8. The minimum absolute atomic E-state index is 0.0925. The van der Waals surface area contributed by atoms with E-state index in [2.05, 4.69) is 28.6 Å². The van der Waals surface area contributed by atoms with Crippen molar-refractivity contribution in [3.8, 4) is 0 Å². The smallest absolute Gasteiger partial charge is 0.326 e. The second-order valence-corrected chi connectivity index (χ2v) is 8.69. The van der Waals surface area contributed by atoms with Crippen LogP contribution in [0.15, 0.2) is 0 Å². The van der Waals surface area contributed by atoms with Crippen LogP contribution >= 0.6 is 24.4 Å². The number of hydrogen-bond acceptors (Lipinski definition) is 8. The van der Waals surface area contributed by atoms with E-state index in [0.29, 0.717) is 12.2 Å². The Balaban J connectivity index is 5.22. The van der Waals surface area contributed by atoms with Gasteiger partial charge in [0, 0.05) is 12.2 Å². The van der Waals surface area contributed by atoms with E-state index in [1.54, 1.807) is 13.8 Å². The highest BCUT2D eigenvalue weighted by atomic mass is 32.2. The van der Waals surface area contributed by atoms with Crippen LogP contribution in [0.25, 0.3) is 0 Å². The van der Waals surface area contributed by atoms with Crippen LogP contribution in [0, 0.1) is 5.92 Å². The summed E-state index contributed by atoms with van der Waals surface area (Å²) in [6.45, 7) is 3.51. The molecular formula is C19H34N4O7S2. The second-order valence-electron chi connectivity index (χ2n) is 7.34. The molecule has 0 aliphatic carbocycles. The Morgan fingerprint density at radius 2 is 1.53 bits per heavy atom. The number of carbonyl (C=O) groups excluding carboxylic acids is 3. The van der Waals surface area contributed by atoms with E-state index in [-0.39, 0.29) is 30.9 Å². The molecule has 0 saturated heterocycles. The largest absolute Gasteiger partial charge is 0.481 e. The summed E-state index contributed by atoms with van der Waals surface area (Å²) in [5.74, 6) is -4.19. The number of thiol groups is 1. The predicted molar refractivity (Wildman–Crippen MR) is 125 cm³/mol. The summed E-state index contributed by atoms with van der Waals surface area (Å²) in [7, 11) is 0. The van der Waals surface area contributed by atoms with E-state index in [4.69, 9.17) is 10.8 Å². The topological polar surface area (TPSA) is 188 Å². The fourth-order valence-electron chi connectivity index (χ4n) is 2.60. The summed E-state index contributed by atoms with van der Waals surface area (Å²) >= 11 is 5.51. The summed E-state index contributed by atoms with van der Waals surface area (Å²) in [6, 6.07) is -4.35. The number of carboxylic acid groups (broad SMARTS) is 2. The number of amides is 3. The molecule has 184 valence electrons. The molecule has 0 aliphatic rings. The van der Waals surface area contributed by atoms with Crippen molar-refractivity contribution in [2.75, 3.05) is 17.8 Å². The van der Waals surface area contributed by atoms with Crippen molar-refractivity contribution in [3.05, 3.63) is 0 Å². The lowest BCUT2D eigenvalue weighted by molar-refractivity contribution is -0.144. The van der Waals surface area contributed by atoms with Gasteiger partial charge in [0.05, 0.1) is 6.04 Å². The third-order valence-corrected chi connectivity index (χ3v) is 5.85. The van der Waals surface area contributed by atoms with Crippen molar-refractivity contribution in [1.29, 1.82) is 0 Å². The van der Waals surface area contributed by atoms with Crippen molar-refractivity contribution in [3.63, 3.8) is 0 Å². The highest BCUT2D eigenvalue weighted by molar-refractivity contribution is 7.98. The van der Waals surface area contributed by atoms with Crippen molar-refractivity contribution in [2.24, 2.45) is 11.7 Å². The lowest BCUT2D eigenvalue weighted by Gasteiger charge is -2.26. The maximum Gasteiger partial charge on any atom is 0.326 e. The highest BCUT2D eigenvalue weighted by Crippen LogP contribution is 2.10. The van der Waals surface area contributed by atoms with E-state index < -0.39 is 53.8 Å². The van der Waals surface area contributed by atoms with Gasteiger partial charge in [0.25, 0.3) is 0 Å². The normalized spacial score (nSPS) is 15.5. The third kappa shape index (κ3) is 11.0. The molecule has 3 amide bonds. The molecule has 0 rings (SSSR count). The lowest BCUT2D eigenvalue weighted by atomic mass is 9.98. The van der Waals surface area contributed by atoms with Crippen LogP contribution in [-0.2, 0) is 24.0 Å². The number of hydrogen-bond donors (Lipinski definition) is 7. The van der Waals surface area contributed by atoms with Gasteiger partial charge in [0.1, 0.15) is 18.1 Å². The van der Waals surface area contributed by atoms with Gasteiger partial charge >= 0.3 is 11.9 Å². The first-order valence-electron chi connectivity index (χ1n) is 10.2. The molecule has 0 aromatic heterocycles. The molecule has 0 aliphatic heterocycles. The predicted octanol–water partition coefficient (Wildman–Crippen LogP) is -0.553. The summed E-state index contributed by atoms with van der Waals surface area (Å²) in [5.41, 5.74) is 5.65. The number of carboxylic acids is 2. The molecule has 0 spiro atoms. The number of carbonyl (C=O) groups is 5. The molecule has 0 aromatic carbocycles. The Labute approximate surface area is 197 Å². The van der Waals surface area contributed by atoms with Gasteiger partial charge in [-0.1, -0.05) is 20.3 Å². The molecule has 5 atom stereocenters. The van der Waals surface area contributed by atoms with Crippen LogP contribution in [-0.4, -0.2) is 81.8 Å². The molecule has 0 radical (unpaired) electrons. The van der Waals surface area contributed by atoms with E-state index >= 15 is 0 Å². The molecule has 0 aromatic rings. The first-order chi connectivity index (χ1) is 15.0. The van der Waals surface area contributed by atoms with E-state index in [1.165, 1.54) is 11.8 Å². The SMILES string of the molecule is CCC(C)C(NC(=O)C(CCSC)NC(=O)C(CS)NC(=O)C(N)CCC(=O)O)C(=O)O. The van der Waals surface area contributed by atoms with Crippen molar-refractivity contribution in [1.82, 2.24) is 16.0 Å². The van der Waals surface area contributed by atoms with Gasteiger partial charge < -0.3 is 31.9 Å². The van der Waals surface area contributed by atoms with Gasteiger partial charge in [-0.05, 0) is 30.8 Å². The molecule has 0 fully saturated rings. The molecular weight excluding hydrogens is 460 g/mol. The lowest BCUT2D eigenvalue weighted by Crippen LogP contribution is -2.58. The maximum absolute atomic E-state index is 12.7. The zero-order valence-corrected chi connectivity index (χ0v) is 20.2. The van der Waals surface area contributed by atoms with Crippen LogP contribution in [0.2, 0.25) is 0 Å². The highest BCUT2D eigenvalue weighted by Gasteiger charge is 2.31. The Bertz CT molecular complexity index is 666. The third-order valence-electron chi connectivity index (χ3n) is 4.84. The van der Waals surface area contributed by atoms with E-state index in [1.807, 2.05) is 6.26 Å². The summed E-state index contributed by atoms with van der Waals surface area (Å²) < 4.78 is 0. The fourth-order valence-corrected chi connectivity index (χ4v) is 3.33. The van der Waals surface area contributed by atoms with Crippen LogP contribution in [0.4, 0.5) is 0 Å². The number of aliphatic carboxylic acids is 2. The van der Waals surface area contributed by atoms with Gasteiger partial charge in [-0.3, -0.25) is 19.2 Å². The standard InChI is InChI=1S/C19H34N4O7S2/c1-4-10(2)15(19(29)30)23-17(27)12(7-8-32-3)21-18(28)13(9-31)22-16(26)11(20)5-6-14(24)25/h10-13,15,31H,4-9,20H2,1-3H3,(H,21,28)(H,22,26)(H,23,27)(H,24,25)(H,29,30). The van der Waals surface area contributed by atoms with Crippen LogP contribution in [0.1, 0.15) is 39.5 Å². The van der Waals surface area contributed by atoms with Gasteiger partial charge in [0.15, 0.2) is 0 Å². The molecule has 7 N–H and O–H groups in total. The summed E-state index contributed by atoms with van der Waals surface area (Å²) in [4.78, 5) is 59.7. The molecule has 0 heterocycles. The Hall–Kier alpha value is -1.99.